The smallest absolute Gasteiger partial charge is 0.0410 e. The lowest BCUT2D eigenvalue weighted by Crippen LogP contribution is -2.12. The van der Waals surface area contributed by atoms with Gasteiger partial charge in [-0.1, -0.05) is 48.5 Å². The number of hydrogen-bond donors (Lipinski definition) is 0. The molecule has 0 N–H and O–H groups in total. The van der Waals surface area contributed by atoms with Crippen molar-refractivity contribution >= 4 is 45.2 Å². The van der Waals surface area contributed by atoms with Gasteiger partial charge in [0.25, 0.3) is 0 Å². The standard InChI is InChI=1S/C17H14I2/c1-11-6-2-4-8-13(11)16-14-9-5-3-7-12(14)10-15(18)17(16)19/h2-9,16H,10H2,1H3. The average molecular weight is 472 g/mol. The highest BCUT2D eigenvalue weighted by atomic mass is 127. The van der Waals surface area contributed by atoms with E-state index in [2.05, 4.69) is 101 Å². The molecular formula is C17H14I2. The first-order valence-electron chi connectivity index (χ1n) is 6.36. The summed E-state index contributed by atoms with van der Waals surface area (Å²) in [5.41, 5.74) is 5.76. The second-order valence-corrected chi connectivity index (χ2v) is 7.38. The van der Waals surface area contributed by atoms with E-state index in [9.17, 15) is 0 Å². The zero-order valence-electron chi connectivity index (χ0n) is 10.7. The zero-order chi connectivity index (χ0) is 13.4. The summed E-state index contributed by atoms with van der Waals surface area (Å²) in [5, 5.41) is 0. The van der Waals surface area contributed by atoms with Crippen molar-refractivity contribution in [3.63, 3.8) is 0 Å². The molecule has 0 aliphatic heterocycles. The van der Waals surface area contributed by atoms with Crippen molar-refractivity contribution in [1.29, 1.82) is 0 Å². The molecule has 0 saturated carbocycles. The zero-order valence-corrected chi connectivity index (χ0v) is 15.0. The van der Waals surface area contributed by atoms with Crippen LogP contribution >= 0.6 is 45.2 Å². The first-order valence-corrected chi connectivity index (χ1v) is 8.51. The second-order valence-electron chi connectivity index (χ2n) is 4.92. The highest BCUT2D eigenvalue weighted by Gasteiger charge is 2.27. The summed E-state index contributed by atoms with van der Waals surface area (Å²) in [6.07, 6.45) is 1.08. The topological polar surface area (TPSA) is 0 Å². The maximum absolute atomic E-state index is 2.53. The molecule has 96 valence electrons. The molecule has 0 fully saturated rings. The normalized spacial score (nSPS) is 18.4. The molecule has 19 heavy (non-hydrogen) atoms. The van der Waals surface area contributed by atoms with Crippen LogP contribution in [0.3, 0.4) is 0 Å². The lowest BCUT2D eigenvalue weighted by molar-refractivity contribution is 0.933. The lowest BCUT2D eigenvalue weighted by Gasteiger charge is -2.28. The van der Waals surface area contributed by atoms with E-state index in [1.54, 1.807) is 0 Å². The number of allylic oxidation sites excluding steroid dienone is 2. The van der Waals surface area contributed by atoms with E-state index in [-0.39, 0.29) is 0 Å². The molecule has 0 heterocycles. The van der Waals surface area contributed by atoms with Gasteiger partial charge >= 0.3 is 0 Å². The number of benzene rings is 2. The summed E-state index contributed by atoms with van der Waals surface area (Å²) in [4.78, 5) is 0. The Hall–Kier alpha value is -0.360. The van der Waals surface area contributed by atoms with Crippen LogP contribution in [0.2, 0.25) is 0 Å². The van der Waals surface area contributed by atoms with Crippen LogP contribution in [0.1, 0.15) is 28.2 Å². The molecule has 1 aliphatic rings. The van der Waals surface area contributed by atoms with Gasteiger partial charge in [-0.15, -0.1) is 0 Å². The molecule has 0 radical (unpaired) electrons. The summed E-state index contributed by atoms with van der Waals surface area (Å²) >= 11 is 5.04. The molecule has 2 aromatic rings. The summed E-state index contributed by atoms with van der Waals surface area (Å²) < 4.78 is 2.95. The van der Waals surface area contributed by atoms with Crippen LogP contribution in [0.4, 0.5) is 0 Å². The van der Waals surface area contributed by atoms with E-state index < -0.39 is 0 Å². The van der Waals surface area contributed by atoms with Crippen LogP contribution in [0.25, 0.3) is 0 Å². The second kappa shape index (κ2) is 5.56. The van der Waals surface area contributed by atoms with Crippen LogP contribution in [-0.4, -0.2) is 0 Å². The Morgan fingerprint density at radius 2 is 1.53 bits per heavy atom. The molecule has 1 aliphatic carbocycles. The van der Waals surface area contributed by atoms with Crippen LogP contribution < -0.4 is 0 Å². The van der Waals surface area contributed by atoms with Gasteiger partial charge in [0, 0.05) is 19.5 Å². The van der Waals surface area contributed by atoms with Crippen molar-refractivity contribution in [1.82, 2.24) is 0 Å². The fourth-order valence-electron chi connectivity index (χ4n) is 2.74. The van der Waals surface area contributed by atoms with Crippen LogP contribution in [-0.2, 0) is 6.42 Å². The Morgan fingerprint density at radius 1 is 0.895 bits per heavy atom. The molecule has 1 atom stereocenters. The van der Waals surface area contributed by atoms with Gasteiger partial charge in [-0.3, -0.25) is 0 Å². The van der Waals surface area contributed by atoms with E-state index in [1.165, 1.54) is 29.4 Å². The molecule has 0 bridgehead atoms. The van der Waals surface area contributed by atoms with Crippen molar-refractivity contribution in [2.75, 3.05) is 0 Å². The number of hydrogen-bond acceptors (Lipinski definition) is 0. The van der Waals surface area contributed by atoms with Gasteiger partial charge in [-0.05, 0) is 74.4 Å². The maximum atomic E-state index is 2.53. The van der Waals surface area contributed by atoms with E-state index in [0.717, 1.165) is 6.42 Å². The molecule has 2 heteroatoms. The largest absolute Gasteiger partial charge is 0.0620 e. The summed E-state index contributed by atoms with van der Waals surface area (Å²) in [6.45, 7) is 2.21. The monoisotopic (exact) mass is 472 g/mol. The molecule has 0 saturated heterocycles. The highest BCUT2D eigenvalue weighted by molar-refractivity contribution is 14.1. The SMILES string of the molecule is Cc1ccccc1C1C(I)=C(I)Cc2ccccc21. The van der Waals surface area contributed by atoms with E-state index in [1.807, 2.05) is 0 Å². The highest BCUT2D eigenvalue weighted by Crippen LogP contribution is 2.46. The minimum absolute atomic E-state index is 0.415. The number of rotatable bonds is 1. The number of fused-ring (bicyclic) bond motifs is 1. The summed E-state index contributed by atoms with van der Waals surface area (Å²) in [5.74, 6) is 0.415. The van der Waals surface area contributed by atoms with Gasteiger partial charge in [0.1, 0.15) is 0 Å². The van der Waals surface area contributed by atoms with Gasteiger partial charge in [0.05, 0.1) is 0 Å². The third-order valence-corrected chi connectivity index (χ3v) is 6.99. The van der Waals surface area contributed by atoms with Crippen LogP contribution in [0, 0.1) is 6.92 Å². The van der Waals surface area contributed by atoms with Gasteiger partial charge in [0.2, 0.25) is 0 Å². The predicted molar refractivity (Wildman–Crippen MR) is 98.2 cm³/mol. The average Bonchev–Trinajstić information content (AvgIpc) is 2.42. The first kappa shape index (κ1) is 13.6. The van der Waals surface area contributed by atoms with Crippen molar-refractivity contribution in [3.8, 4) is 0 Å². The van der Waals surface area contributed by atoms with Crippen LogP contribution in [0.15, 0.2) is 55.7 Å². The third kappa shape index (κ3) is 2.49. The molecule has 0 nitrogen and oxygen atoms in total. The lowest BCUT2D eigenvalue weighted by atomic mass is 9.82. The van der Waals surface area contributed by atoms with E-state index >= 15 is 0 Å². The van der Waals surface area contributed by atoms with Crippen molar-refractivity contribution < 1.29 is 0 Å². The molecule has 0 amide bonds. The molecule has 1 unspecified atom stereocenters. The van der Waals surface area contributed by atoms with Gasteiger partial charge < -0.3 is 0 Å². The predicted octanol–water partition coefficient (Wildman–Crippen LogP) is 5.76. The Balaban J connectivity index is 2.22. The maximum Gasteiger partial charge on any atom is 0.0410 e. The fourth-order valence-corrected chi connectivity index (χ4v) is 4.32. The minimum atomic E-state index is 0.415. The van der Waals surface area contributed by atoms with Crippen molar-refractivity contribution in [2.24, 2.45) is 0 Å². The van der Waals surface area contributed by atoms with Gasteiger partial charge in [-0.25, -0.2) is 0 Å². The first-order chi connectivity index (χ1) is 9.18. The Labute approximate surface area is 141 Å². The van der Waals surface area contributed by atoms with Crippen molar-refractivity contribution in [3.05, 3.63) is 77.9 Å². The van der Waals surface area contributed by atoms with Gasteiger partial charge in [0.15, 0.2) is 0 Å². The molecule has 3 rings (SSSR count). The summed E-state index contributed by atoms with van der Waals surface area (Å²) in [6, 6.07) is 17.6. The minimum Gasteiger partial charge on any atom is -0.0620 e. The van der Waals surface area contributed by atoms with E-state index in [0.29, 0.717) is 5.92 Å². The third-order valence-electron chi connectivity index (χ3n) is 3.72. The molecular weight excluding hydrogens is 458 g/mol. The fraction of sp³-hybridized carbons (Fsp3) is 0.176. The molecule has 0 spiro atoms. The molecule has 2 aromatic carbocycles. The number of aryl methyl sites for hydroxylation is 1. The van der Waals surface area contributed by atoms with Crippen LogP contribution in [0.5, 0.6) is 0 Å². The Morgan fingerprint density at radius 3 is 2.26 bits per heavy atom. The Kier molecular flexibility index (Phi) is 3.98. The van der Waals surface area contributed by atoms with Crippen molar-refractivity contribution in [2.45, 2.75) is 19.3 Å². The summed E-state index contributed by atoms with van der Waals surface area (Å²) in [7, 11) is 0. The Bertz CT molecular complexity index is 656. The van der Waals surface area contributed by atoms with Gasteiger partial charge in [-0.2, -0.15) is 0 Å². The number of halogens is 2. The molecule has 0 aromatic heterocycles. The van der Waals surface area contributed by atoms with E-state index in [4.69, 9.17) is 0 Å². The quantitative estimate of drug-likeness (QED) is 0.463.